The van der Waals surface area contributed by atoms with Crippen LogP contribution in [0.3, 0.4) is 0 Å². The Kier molecular flexibility index (Phi) is 6.70. The highest BCUT2D eigenvalue weighted by Gasteiger charge is 2.29. The number of hydrogen-bond acceptors (Lipinski definition) is 2. The standard InChI is InChI=1S/C17H20ClF3N2O2/c18-12-6-4-11(5-7-12)16(25)23-14-3-1-2-13(10-14)22-15(24)8-9-17(19,20)21/h4-7,13-14H,1-3,8-10H2,(H,22,24)(H,23,25). The van der Waals surface area contributed by atoms with Crippen molar-refractivity contribution in [1.82, 2.24) is 10.6 Å². The second-order valence-electron chi connectivity index (χ2n) is 6.22. The Morgan fingerprint density at radius 2 is 1.68 bits per heavy atom. The molecule has 138 valence electrons. The average Bonchev–Trinajstić information content (AvgIpc) is 2.53. The van der Waals surface area contributed by atoms with Gasteiger partial charge in [-0.25, -0.2) is 0 Å². The van der Waals surface area contributed by atoms with Gasteiger partial charge in [0.2, 0.25) is 5.91 Å². The summed E-state index contributed by atoms with van der Waals surface area (Å²) in [7, 11) is 0. The summed E-state index contributed by atoms with van der Waals surface area (Å²) in [5.41, 5.74) is 0.487. The molecule has 0 saturated heterocycles. The van der Waals surface area contributed by atoms with Gasteiger partial charge in [0, 0.05) is 29.1 Å². The number of rotatable bonds is 5. The van der Waals surface area contributed by atoms with E-state index in [0.29, 0.717) is 23.4 Å². The molecule has 1 aromatic carbocycles. The fraction of sp³-hybridized carbons (Fsp3) is 0.529. The van der Waals surface area contributed by atoms with Crippen molar-refractivity contribution >= 4 is 23.4 Å². The molecule has 4 nitrogen and oxygen atoms in total. The molecule has 0 aromatic heterocycles. The molecule has 1 saturated carbocycles. The molecule has 2 amide bonds. The van der Waals surface area contributed by atoms with Crippen LogP contribution >= 0.6 is 11.6 Å². The zero-order valence-corrected chi connectivity index (χ0v) is 14.3. The minimum atomic E-state index is -4.33. The first-order chi connectivity index (χ1) is 11.7. The summed E-state index contributed by atoms with van der Waals surface area (Å²) >= 11 is 5.79. The molecule has 1 aliphatic rings. The lowest BCUT2D eigenvalue weighted by atomic mass is 9.90. The molecule has 25 heavy (non-hydrogen) atoms. The monoisotopic (exact) mass is 376 g/mol. The van der Waals surface area contributed by atoms with Crippen molar-refractivity contribution < 1.29 is 22.8 Å². The van der Waals surface area contributed by atoms with Crippen molar-refractivity contribution in [2.24, 2.45) is 0 Å². The van der Waals surface area contributed by atoms with Gasteiger partial charge in [0.15, 0.2) is 0 Å². The summed E-state index contributed by atoms with van der Waals surface area (Å²) in [6.07, 6.45) is -3.25. The second-order valence-corrected chi connectivity index (χ2v) is 6.66. The SMILES string of the molecule is O=C(CCC(F)(F)F)NC1CCCC(NC(=O)c2ccc(Cl)cc2)C1. The van der Waals surface area contributed by atoms with E-state index in [1.54, 1.807) is 24.3 Å². The van der Waals surface area contributed by atoms with Crippen LogP contribution in [0.2, 0.25) is 5.02 Å². The van der Waals surface area contributed by atoms with Crippen molar-refractivity contribution in [2.75, 3.05) is 0 Å². The van der Waals surface area contributed by atoms with E-state index in [-0.39, 0.29) is 18.0 Å². The lowest BCUT2D eigenvalue weighted by Gasteiger charge is -2.30. The minimum absolute atomic E-state index is 0.121. The molecule has 1 aliphatic carbocycles. The molecular weight excluding hydrogens is 357 g/mol. The highest BCUT2D eigenvalue weighted by Crippen LogP contribution is 2.22. The Morgan fingerprint density at radius 1 is 1.08 bits per heavy atom. The number of halogens is 4. The van der Waals surface area contributed by atoms with Crippen molar-refractivity contribution in [3.8, 4) is 0 Å². The van der Waals surface area contributed by atoms with Gasteiger partial charge in [0.1, 0.15) is 0 Å². The Hall–Kier alpha value is -1.76. The van der Waals surface area contributed by atoms with E-state index in [9.17, 15) is 22.8 Å². The highest BCUT2D eigenvalue weighted by molar-refractivity contribution is 6.30. The van der Waals surface area contributed by atoms with Crippen LogP contribution in [0.5, 0.6) is 0 Å². The minimum Gasteiger partial charge on any atom is -0.353 e. The Bertz CT molecular complexity index is 605. The molecule has 0 aliphatic heterocycles. The van der Waals surface area contributed by atoms with Crippen molar-refractivity contribution in [3.05, 3.63) is 34.9 Å². The zero-order valence-electron chi connectivity index (χ0n) is 13.5. The molecule has 1 aromatic rings. The first-order valence-corrected chi connectivity index (χ1v) is 8.53. The molecule has 2 atom stereocenters. The number of hydrogen-bond donors (Lipinski definition) is 2. The van der Waals surface area contributed by atoms with Crippen LogP contribution in [0.1, 0.15) is 48.9 Å². The van der Waals surface area contributed by atoms with Crippen LogP contribution in [0.15, 0.2) is 24.3 Å². The Balaban J connectivity index is 1.81. The topological polar surface area (TPSA) is 58.2 Å². The lowest BCUT2D eigenvalue weighted by molar-refractivity contribution is -0.144. The lowest BCUT2D eigenvalue weighted by Crippen LogP contribution is -2.45. The number of carbonyl (C=O) groups is 2. The number of nitrogens with one attached hydrogen (secondary N) is 2. The Morgan fingerprint density at radius 3 is 2.28 bits per heavy atom. The van der Waals surface area contributed by atoms with Gasteiger partial charge in [-0.2, -0.15) is 13.2 Å². The summed E-state index contributed by atoms with van der Waals surface area (Å²) in [6, 6.07) is 6.16. The van der Waals surface area contributed by atoms with E-state index >= 15 is 0 Å². The third-order valence-corrected chi connectivity index (χ3v) is 4.37. The van der Waals surface area contributed by atoms with E-state index in [2.05, 4.69) is 10.6 Å². The molecule has 2 rings (SSSR count). The summed E-state index contributed by atoms with van der Waals surface area (Å²) in [6.45, 7) is 0. The van der Waals surface area contributed by atoms with Crippen LogP contribution in [0.4, 0.5) is 13.2 Å². The summed E-state index contributed by atoms with van der Waals surface area (Å²) in [4.78, 5) is 23.8. The van der Waals surface area contributed by atoms with Gasteiger partial charge in [-0.1, -0.05) is 11.6 Å². The molecule has 0 heterocycles. The number of amides is 2. The van der Waals surface area contributed by atoms with Gasteiger partial charge in [-0.15, -0.1) is 0 Å². The maximum absolute atomic E-state index is 12.2. The van der Waals surface area contributed by atoms with Gasteiger partial charge in [0.05, 0.1) is 6.42 Å². The maximum Gasteiger partial charge on any atom is 0.389 e. The van der Waals surface area contributed by atoms with Gasteiger partial charge >= 0.3 is 6.18 Å². The van der Waals surface area contributed by atoms with E-state index < -0.39 is 24.9 Å². The van der Waals surface area contributed by atoms with Crippen molar-refractivity contribution in [3.63, 3.8) is 0 Å². The molecule has 2 N–H and O–H groups in total. The van der Waals surface area contributed by atoms with E-state index in [1.807, 2.05) is 0 Å². The van der Waals surface area contributed by atoms with Crippen molar-refractivity contribution in [1.29, 1.82) is 0 Å². The fourth-order valence-electron chi connectivity index (χ4n) is 2.88. The summed E-state index contributed by atoms with van der Waals surface area (Å²) in [5, 5.41) is 6.07. The third kappa shape index (κ3) is 6.94. The van der Waals surface area contributed by atoms with E-state index in [0.717, 1.165) is 12.8 Å². The summed E-state index contributed by atoms with van der Waals surface area (Å²) in [5.74, 6) is -0.835. The second kappa shape index (κ2) is 8.56. The Labute approximate surface area is 149 Å². The maximum atomic E-state index is 12.2. The van der Waals surface area contributed by atoms with E-state index in [1.165, 1.54) is 0 Å². The van der Waals surface area contributed by atoms with Crippen LogP contribution in [-0.4, -0.2) is 30.1 Å². The van der Waals surface area contributed by atoms with Crippen LogP contribution in [0, 0.1) is 0 Å². The molecule has 2 unspecified atom stereocenters. The molecule has 0 spiro atoms. The predicted molar refractivity (Wildman–Crippen MR) is 88.4 cm³/mol. The summed E-state index contributed by atoms with van der Waals surface area (Å²) < 4.78 is 36.5. The van der Waals surface area contributed by atoms with Gasteiger partial charge < -0.3 is 10.6 Å². The quantitative estimate of drug-likeness (QED) is 0.820. The molecule has 0 bridgehead atoms. The average molecular weight is 377 g/mol. The highest BCUT2D eigenvalue weighted by atomic mass is 35.5. The van der Waals surface area contributed by atoms with Crippen LogP contribution in [0.25, 0.3) is 0 Å². The van der Waals surface area contributed by atoms with Gasteiger partial charge in [-0.05, 0) is 49.9 Å². The number of benzene rings is 1. The third-order valence-electron chi connectivity index (χ3n) is 4.12. The smallest absolute Gasteiger partial charge is 0.353 e. The van der Waals surface area contributed by atoms with Crippen LogP contribution in [-0.2, 0) is 4.79 Å². The predicted octanol–water partition coefficient (Wildman–Crippen LogP) is 3.84. The normalized spacial score (nSPS) is 20.8. The molecule has 0 radical (unpaired) electrons. The largest absolute Gasteiger partial charge is 0.389 e. The van der Waals surface area contributed by atoms with E-state index in [4.69, 9.17) is 11.6 Å². The zero-order chi connectivity index (χ0) is 18.4. The fourth-order valence-corrected chi connectivity index (χ4v) is 3.00. The van der Waals surface area contributed by atoms with Gasteiger partial charge in [0.25, 0.3) is 5.91 Å². The van der Waals surface area contributed by atoms with Crippen molar-refractivity contribution in [2.45, 2.75) is 56.8 Å². The first-order valence-electron chi connectivity index (χ1n) is 8.15. The number of carbonyl (C=O) groups excluding carboxylic acids is 2. The van der Waals surface area contributed by atoms with Crippen LogP contribution < -0.4 is 10.6 Å². The molecule has 1 fully saturated rings. The molecule has 8 heteroatoms. The number of alkyl halides is 3. The van der Waals surface area contributed by atoms with Gasteiger partial charge in [-0.3, -0.25) is 9.59 Å². The first kappa shape index (κ1) is 19.6. The molecular formula is C17H20ClF3N2O2.